The molecule has 2 amide bonds. The molecule has 0 aromatic heterocycles. The first kappa shape index (κ1) is 7.34. The zero-order chi connectivity index (χ0) is 8.55. The molecule has 0 aromatic carbocycles. The first-order chi connectivity index (χ1) is 5.77. The van der Waals surface area contributed by atoms with Gasteiger partial charge in [-0.25, -0.2) is 10.2 Å². The summed E-state index contributed by atoms with van der Waals surface area (Å²) < 4.78 is 0. The third-order valence-electron chi connectivity index (χ3n) is 2.47. The maximum absolute atomic E-state index is 10.3. The number of hydrogen-bond donors (Lipinski definition) is 2. The third kappa shape index (κ3) is 1.09. The van der Waals surface area contributed by atoms with Gasteiger partial charge in [-0.05, 0) is 18.8 Å². The summed E-state index contributed by atoms with van der Waals surface area (Å²) in [5.41, 5.74) is 8.22. The summed E-state index contributed by atoms with van der Waals surface area (Å²) >= 11 is 0. The van der Waals surface area contributed by atoms with E-state index in [9.17, 15) is 4.79 Å². The van der Waals surface area contributed by atoms with Crippen molar-refractivity contribution in [3.8, 4) is 0 Å². The van der Waals surface area contributed by atoms with Gasteiger partial charge in [0, 0.05) is 11.6 Å². The van der Waals surface area contributed by atoms with E-state index in [0.717, 1.165) is 18.6 Å². The van der Waals surface area contributed by atoms with E-state index in [-0.39, 0.29) is 0 Å². The largest absolute Gasteiger partial charge is 0.350 e. The number of carbonyl (C=O) groups is 1. The maximum Gasteiger partial charge on any atom is 0.332 e. The fourth-order valence-electron chi connectivity index (χ4n) is 1.79. The maximum atomic E-state index is 10.3. The van der Waals surface area contributed by atoms with Crippen molar-refractivity contribution in [2.45, 2.75) is 12.8 Å². The number of carbonyl (C=O) groups excluding carboxylic acids is 1. The number of nitrogens with one attached hydrogen (secondary N) is 1. The number of rotatable bonds is 1. The van der Waals surface area contributed by atoms with Crippen LogP contribution in [0.2, 0.25) is 0 Å². The Labute approximate surface area is 70.5 Å². The van der Waals surface area contributed by atoms with Crippen molar-refractivity contribution in [3.63, 3.8) is 0 Å². The lowest BCUT2D eigenvalue weighted by molar-refractivity contribution is 0.249. The number of nitrogens with two attached hydrogens (primary N) is 1. The van der Waals surface area contributed by atoms with Crippen molar-refractivity contribution >= 4 is 11.7 Å². The molecule has 2 aliphatic carbocycles. The SMILES string of the molecule is NC(=O)N/N=C1\C[C@H]2C=CC[C@H]12. The molecule has 0 saturated heterocycles. The summed E-state index contributed by atoms with van der Waals surface area (Å²) in [5, 5.41) is 3.92. The van der Waals surface area contributed by atoms with Crippen LogP contribution in [0.25, 0.3) is 0 Å². The molecule has 0 aliphatic heterocycles. The topological polar surface area (TPSA) is 67.5 Å². The third-order valence-corrected chi connectivity index (χ3v) is 2.47. The van der Waals surface area contributed by atoms with Crippen LogP contribution in [-0.2, 0) is 0 Å². The van der Waals surface area contributed by atoms with Gasteiger partial charge in [0.05, 0.1) is 0 Å². The number of nitrogens with zero attached hydrogens (tertiary/aromatic N) is 1. The quantitative estimate of drug-likeness (QED) is 0.433. The molecule has 2 aliphatic rings. The molecule has 0 spiro atoms. The van der Waals surface area contributed by atoms with E-state index in [4.69, 9.17) is 5.73 Å². The van der Waals surface area contributed by atoms with Gasteiger partial charge in [-0.3, -0.25) is 0 Å². The highest BCUT2D eigenvalue weighted by Crippen LogP contribution is 2.39. The normalized spacial score (nSPS) is 34.5. The highest BCUT2D eigenvalue weighted by molar-refractivity contribution is 5.94. The molecule has 4 nitrogen and oxygen atoms in total. The number of urea groups is 1. The zero-order valence-electron chi connectivity index (χ0n) is 6.66. The first-order valence-corrected chi connectivity index (χ1v) is 4.06. The molecule has 0 radical (unpaired) electrons. The number of hydrazone groups is 1. The standard InChI is InChI=1S/C8H11N3O/c9-8(12)11-10-7-4-5-2-1-3-6(5)7/h1-2,5-6H,3-4H2,(H3,9,11,12)/b10-7+/t5-,6+/m1/s1. The molecular formula is C8H11N3O. The molecular weight excluding hydrogens is 154 g/mol. The Morgan fingerprint density at radius 1 is 1.75 bits per heavy atom. The van der Waals surface area contributed by atoms with Crippen LogP contribution in [0.4, 0.5) is 4.79 Å². The predicted molar refractivity (Wildman–Crippen MR) is 45.5 cm³/mol. The molecule has 1 saturated carbocycles. The van der Waals surface area contributed by atoms with E-state index >= 15 is 0 Å². The van der Waals surface area contributed by atoms with Crippen molar-refractivity contribution in [2.75, 3.05) is 0 Å². The van der Waals surface area contributed by atoms with Crippen LogP contribution < -0.4 is 11.2 Å². The molecule has 0 heterocycles. The molecule has 1 fully saturated rings. The van der Waals surface area contributed by atoms with Gasteiger partial charge in [0.25, 0.3) is 0 Å². The van der Waals surface area contributed by atoms with E-state index in [0.29, 0.717) is 11.8 Å². The van der Waals surface area contributed by atoms with E-state index < -0.39 is 6.03 Å². The number of amides is 2. The smallest absolute Gasteiger partial charge is 0.332 e. The monoisotopic (exact) mass is 165 g/mol. The van der Waals surface area contributed by atoms with E-state index in [2.05, 4.69) is 22.7 Å². The second-order valence-corrected chi connectivity index (χ2v) is 3.22. The number of primary amides is 1. The minimum Gasteiger partial charge on any atom is -0.350 e. The lowest BCUT2D eigenvalue weighted by Crippen LogP contribution is -2.36. The molecule has 64 valence electrons. The average molecular weight is 165 g/mol. The predicted octanol–water partition coefficient (Wildman–Crippen LogP) is 0.607. The first-order valence-electron chi connectivity index (χ1n) is 4.06. The van der Waals surface area contributed by atoms with Crippen molar-refractivity contribution in [1.82, 2.24) is 5.43 Å². The summed E-state index contributed by atoms with van der Waals surface area (Å²) in [6.07, 6.45) is 6.42. The van der Waals surface area contributed by atoms with Crippen molar-refractivity contribution in [3.05, 3.63) is 12.2 Å². The molecule has 0 bridgehead atoms. The summed E-state index contributed by atoms with van der Waals surface area (Å²) in [7, 11) is 0. The highest BCUT2D eigenvalue weighted by Gasteiger charge is 2.37. The van der Waals surface area contributed by atoms with Gasteiger partial charge in [-0.15, -0.1) is 0 Å². The minimum atomic E-state index is -0.586. The van der Waals surface area contributed by atoms with Gasteiger partial charge in [-0.2, -0.15) is 5.10 Å². The van der Waals surface area contributed by atoms with Crippen molar-refractivity contribution in [2.24, 2.45) is 22.7 Å². The Morgan fingerprint density at radius 2 is 2.58 bits per heavy atom. The summed E-state index contributed by atoms with van der Waals surface area (Å²) in [4.78, 5) is 10.3. The van der Waals surface area contributed by atoms with Crippen LogP contribution in [0, 0.1) is 11.8 Å². The van der Waals surface area contributed by atoms with Crippen molar-refractivity contribution < 1.29 is 4.79 Å². The van der Waals surface area contributed by atoms with Crippen LogP contribution in [0.5, 0.6) is 0 Å². The average Bonchev–Trinajstić information content (AvgIpc) is 2.32. The fourth-order valence-corrected chi connectivity index (χ4v) is 1.79. The van der Waals surface area contributed by atoms with E-state index in [1.807, 2.05) is 0 Å². The van der Waals surface area contributed by atoms with Gasteiger partial charge >= 0.3 is 6.03 Å². The van der Waals surface area contributed by atoms with Gasteiger partial charge < -0.3 is 5.73 Å². The molecule has 3 N–H and O–H groups in total. The Balaban J connectivity index is 1.92. The van der Waals surface area contributed by atoms with E-state index in [1.165, 1.54) is 0 Å². The molecule has 0 aromatic rings. The second-order valence-electron chi connectivity index (χ2n) is 3.22. The molecule has 4 heteroatoms. The lowest BCUT2D eigenvalue weighted by Gasteiger charge is -2.31. The molecule has 0 unspecified atom stereocenters. The Bertz CT molecular complexity index is 269. The number of fused-ring (bicyclic) bond motifs is 1. The summed E-state index contributed by atoms with van der Waals surface area (Å²) in [6, 6.07) is -0.586. The fraction of sp³-hybridized carbons (Fsp3) is 0.500. The second kappa shape index (κ2) is 2.62. The van der Waals surface area contributed by atoms with Gasteiger partial charge in [0.1, 0.15) is 0 Å². The minimum absolute atomic E-state index is 0.539. The summed E-state index contributed by atoms with van der Waals surface area (Å²) in [6.45, 7) is 0. The van der Waals surface area contributed by atoms with Crippen LogP contribution in [0.15, 0.2) is 17.3 Å². The number of hydrogen-bond acceptors (Lipinski definition) is 2. The van der Waals surface area contributed by atoms with Crippen LogP contribution in [-0.4, -0.2) is 11.7 Å². The molecule has 12 heavy (non-hydrogen) atoms. The zero-order valence-corrected chi connectivity index (χ0v) is 6.66. The van der Waals surface area contributed by atoms with Gasteiger partial charge in [0.2, 0.25) is 0 Å². The van der Waals surface area contributed by atoms with Crippen LogP contribution >= 0.6 is 0 Å². The van der Waals surface area contributed by atoms with Gasteiger partial charge in [-0.1, -0.05) is 12.2 Å². The summed E-state index contributed by atoms with van der Waals surface area (Å²) in [5.74, 6) is 1.20. The van der Waals surface area contributed by atoms with Gasteiger partial charge in [0.15, 0.2) is 0 Å². The van der Waals surface area contributed by atoms with Crippen LogP contribution in [0.3, 0.4) is 0 Å². The Morgan fingerprint density at radius 3 is 3.25 bits per heavy atom. The Hall–Kier alpha value is -1.32. The van der Waals surface area contributed by atoms with Crippen molar-refractivity contribution in [1.29, 1.82) is 0 Å². The number of allylic oxidation sites excluding steroid dienone is 2. The molecule has 2 rings (SSSR count). The highest BCUT2D eigenvalue weighted by atomic mass is 16.2. The lowest BCUT2D eigenvalue weighted by atomic mass is 9.74. The molecule has 2 atom stereocenters. The Kier molecular flexibility index (Phi) is 1.60. The van der Waals surface area contributed by atoms with Crippen LogP contribution in [0.1, 0.15) is 12.8 Å². The van der Waals surface area contributed by atoms with E-state index in [1.54, 1.807) is 0 Å².